The van der Waals surface area contributed by atoms with Crippen LogP contribution < -0.4 is 18.9 Å². The Morgan fingerprint density at radius 2 is 1.85 bits per heavy atom. The molecule has 0 bridgehead atoms. The first-order valence-corrected chi connectivity index (χ1v) is 4.34. The van der Waals surface area contributed by atoms with E-state index in [2.05, 4.69) is 43.1 Å². The Labute approximate surface area is 93.3 Å². The van der Waals surface area contributed by atoms with Crippen molar-refractivity contribution in [2.24, 2.45) is 0 Å². The molecule has 2 heteroatoms. The summed E-state index contributed by atoms with van der Waals surface area (Å²) in [5, 5.41) is 0. The van der Waals surface area contributed by atoms with Gasteiger partial charge in [-0.25, -0.2) is 0 Å². The third kappa shape index (κ3) is 5.16. The maximum atomic E-state index is 3.83. The minimum absolute atomic E-state index is 0. The summed E-state index contributed by atoms with van der Waals surface area (Å²) in [6, 6.07) is 10.5. The summed E-state index contributed by atoms with van der Waals surface area (Å²) in [5.41, 5.74) is 1.37. The molecule has 1 rings (SSSR count). The molecule has 1 aromatic carbocycles. The van der Waals surface area contributed by atoms with E-state index in [4.69, 9.17) is 0 Å². The molecule has 0 saturated heterocycles. The summed E-state index contributed by atoms with van der Waals surface area (Å²) in [7, 11) is 2.12. The summed E-state index contributed by atoms with van der Waals surface area (Å²) in [6.45, 7) is 5.91. The van der Waals surface area contributed by atoms with Crippen molar-refractivity contribution in [2.45, 2.75) is 13.0 Å². The molecule has 1 nitrogen and oxygen atoms in total. The van der Waals surface area contributed by atoms with E-state index in [0.29, 0.717) is 0 Å². The Kier molecular flexibility index (Phi) is 7.08. The number of nitrogens with zero attached hydrogens (tertiary/aromatic N) is 1. The maximum Gasteiger partial charge on any atom is 1.00 e. The van der Waals surface area contributed by atoms with E-state index < -0.39 is 0 Å². The quantitative estimate of drug-likeness (QED) is 0.427. The van der Waals surface area contributed by atoms with Crippen LogP contribution in [0.3, 0.4) is 0 Å². The van der Waals surface area contributed by atoms with E-state index in [9.17, 15) is 0 Å². The minimum atomic E-state index is 0. The zero-order valence-electron chi connectivity index (χ0n) is 8.66. The number of hydrogen-bond acceptors (Lipinski definition) is 1. The topological polar surface area (TPSA) is 3.24 Å². The molecule has 0 heterocycles. The fraction of sp³-hybridized carbons (Fsp3) is 0.364. The molecule has 0 saturated carbocycles. The van der Waals surface area contributed by atoms with E-state index in [1.165, 1.54) is 5.56 Å². The third-order valence-electron chi connectivity index (χ3n) is 1.84. The Balaban J connectivity index is 0.00000144. The molecule has 0 aromatic heterocycles. The van der Waals surface area contributed by atoms with Crippen LogP contribution in [0.25, 0.3) is 0 Å². The molecule has 0 aliphatic heterocycles. The van der Waals surface area contributed by atoms with Gasteiger partial charge in [-0.05, 0) is 19.2 Å². The fourth-order valence-electron chi connectivity index (χ4n) is 1.24. The van der Waals surface area contributed by atoms with E-state index in [-0.39, 0.29) is 18.9 Å². The molecule has 0 radical (unpaired) electrons. The van der Waals surface area contributed by atoms with Gasteiger partial charge in [0.25, 0.3) is 0 Å². The van der Waals surface area contributed by atoms with Gasteiger partial charge in [0.15, 0.2) is 0 Å². The SMILES string of the molecule is [CH2-]CCN(C)Cc1ccccc1.[Li+]. The van der Waals surface area contributed by atoms with Crippen LogP contribution in [0.5, 0.6) is 0 Å². The molecule has 66 valence electrons. The maximum absolute atomic E-state index is 3.83. The van der Waals surface area contributed by atoms with Gasteiger partial charge in [0, 0.05) is 6.54 Å². The Morgan fingerprint density at radius 1 is 1.23 bits per heavy atom. The van der Waals surface area contributed by atoms with Crippen LogP contribution in [-0.2, 0) is 6.54 Å². The van der Waals surface area contributed by atoms with Gasteiger partial charge < -0.3 is 11.8 Å². The standard InChI is InChI=1S/C11H16N.Li/c1-3-9-12(2)10-11-7-5-4-6-8-11;/h4-8H,1,3,9-10H2,2H3;/q-1;+1. The van der Waals surface area contributed by atoms with Gasteiger partial charge in [-0.15, -0.1) is 0 Å². The third-order valence-corrected chi connectivity index (χ3v) is 1.84. The van der Waals surface area contributed by atoms with Crippen molar-refractivity contribution in [3.8, 4) is 0 Å². The molecular weight excluding hydrogens is 153 g/mol. The number of hydrogen-bond donors (Lipinski definition) is 0. The van der Waals surface area contributed by atoms with Gasteiger partial charge in [0.2, 0.25) is 0 Å². The Hall–Kier alpha value is -0.223. The van der Waals surface area contributed by atoms with Crippen LogP contribution in [0.1, 0.15) is 12.0 Å². The van der Waals surface area contributed by atoms with Crippen molar-refractivity contribution in [3.05, 3.63) is 42.8 Å². The van der Waals surface area contributed by atoms with E-state index in [0.717, 1.165) is 19.5 Å². The predicted molar refractivity (Wildman–Crippen MR) is 52.8 cm³/mol. The van der Waals surface area contributed by atoms with Crippen LogP contribution >= 0.6 is 0 Å². The van der Waals surface area contributed by atoms with Crippen molar-refractivity contribution in [2.75, 3.05) is 13.6 Å². The van der Waals surface area contributed by atoms with Gasteiger partial charge in [-0.1, -0.05) is 30.3 Å². The number of benzene rings is 1. The first-order chi connectivity index (χ1) is 5.83. The molecule has 0 fully saturated rings. The summed E-state index contributed by atoms with van der Waals surface area (Å²) in [5.74, 6) is 0. The van der Waals surface area contributed by atoms with Crippen molar-refractivity contribution in [1.82, 2.24) is 4.90 Å². The monoisotopic (exact) mass is 169 g/mol. The summed E-state index contributed by atoms with van der Waals surface area (Å²) in [4.78, 5) is 2.28. The minimum Gasteiger partial charge on any atom is -0.342 e. The normalized spacial score (nSPS) is 9.77. The fourth-order valence-corrected chi connectivity index (χ4v) is 1.24. The second-order valence-corrected chi connectivity index (χ2v) is 3.08. The Morgan fingerprint density at radius 3 is 2.38 bits per heavy atom. The van der Waals surface area contributed by atoms with E-state index in [1.807, 2.05) is 6.07 Å². The Bertz CT molecular complexity index is 211. The van der Waals surface area contributed by atoms with Crippen molar-refractivity contribution < 1.29 is 18.9 Å². The summed E-state index contributed by atoms with van der Waals surface area (Å²) < 4.78 is 0. The first kappa shape index (κ1) is 12.8. The van der Waals surface area contributed by atoms with Crippen LogP contribution in [0.2, 0.25) is 0 Å². The zero-order valence-corrected chi connectivity index (χ0v) is 8.66. The van der Waals surface area contributed by atoms with Gasteiger partial charge in [-0.2, -0.15) is 6.42 Å². The van der Waals surface area contributed by atoms with Crippen LogP contribution in [0, 0.1) is 6.92 Å². The molecule has 0 unspecified atom stereocenters. The van der Waals surface area contributed by atoms with Gasteiger partial charge in [-0.3, -0.25) is 0 Å². The molecule has 13 heavy (non-hydrogen) atoms. The average Bonchev–Trinajstić information content (AvgIpc) is 2.06. The van der Waals surface area contributed by atoms with E-state index >= 15 is 0 Å². The first-order valence-electron chi connectivity index (χ1n) is 4.34. The molecule has 0 amide bonds. The van der Waals surface area contributed by atoms with Crippen molar-refractivity contribution in [3.63, 3.8) is 0 Å². The summed E-state index contributed by atoms with van der Waals surface area (Å²) in [6.07, 6.45) is 0.976. The van der Waals surface area contributed by atoms with Gasteiger partial charge in [0.1, 0.15) is 0 Å². The molecule has 1 aromatic rings. The van der Waals surface area contributed by atoms with Crippen LogP contribution in [0.4, 0.5) is 0 Å². The zero-order chi connectivity index (χ0) is 8.81. The number of rotatable bonds is 4. The summed E-state index contributed by atoms with van der Waals surface area (Å²) >= 11 is 0. The van der Waals surface area contributed by atoms with Crippen molar-refractivity contribution >= 4 is 0 Å². The molecular formula is C11H16LiN. The second kappa shape index (κ2) is 7.21. The molecule has 0 aliphatic carbocycles. The molecule has 0 N–H and O–H groups in total. The van der Waals surface area contributed by atoms with Gasteiger partial charge in [0.05, 0.1) is 0 Å². The molecule has 0 aliphatic rings. The predicted octanol–water partition coefficient (Wildman–Crippen LogP) is -0.653. The molecule has 0 atom stereocenters. The van der Waals surface area contributed by atoms with Crippen LogP contribution in [0.15, 0.2) is 30.3 Å². The largest absolute Gasteiger partial charge is 1.00 e. The van der Waals surface area contributed by atoms with E-state index in [1.54, 1.807) is 0 Å². The molecule has 0 spiro atoms. The van der Waals surface area contributed by atoms with Crippen LogP contribution in [-0.4, -0.2) is 18.5 Å². The smallest absolute Gasteiger partial charge is 0.342 e. The second-order valence-electron chi connectivity index (χ2n) is 3.08. The van der Waals surface area contributed by atoms with Crippen molar-refractivity contribution in [1.29, 1.82) is 0 Å². The average molecular weight is 169 g/mol. The van der Waals surface area contributed by atoms with Gasteiger partial charge >= 0.3 is 18.9 Å².